The summed E-state index contributed by atoms with van der Waals surface area (Å²) in [6.07, 6.45) is 0.603. The molecule has 1 N–H and O–H groups in total. The van der Waals surface area contributed by atoms with Gasteiger partial charge in [0.1, 0.15) is 12.4 Å². The van der Waals surface area contributed by atoms with Crippen LogP contribution in [0.4, 0.5) is 9.18 Å². The Kier molecular flexibility index (Phi) is 6.22. The van der Waals surface area contributed by atoms with Gasteiger partial charge in [0.05, 0.1) is 6.42 Å². The van der Waals surface area contributed by atoms with Gasteiger partial charge in [-0.05, 0) is 17.7 Å². The molecule has 0 radical (unpaired) electrons. The summed E-state index contributed by atoms with van der Waals surface area (Å²) in [5.74, 6) is -1.38. The minimum Gasteiger partial charge on any atom is -0.481 e. The van der Waals surface area contributed by atoms with Gasteiger partial charge in [0.15, 0.2) is 0 Å². The normalized spacial score (nSPS) is 9.85. The Labute approximate surface area is 116 Å². The Balaban J connectivity index is 2.70. The summed E-state index contributed by atoms with van der Waals surface area (Å²) in [5, 5.41) is 8.68. The molecule has 0 spiro atoms. The van der Waals surface area contributed by atoms with Crippen molar-refractivity contribution >= 4 is 12.1 Å². The maximum Gasteiger partial charge on any atom is 0.410 e. The number of hydrogen-bond donors (Lipinski definition) is 1. The van der Waals surface area contributed by atoms with E-state index < -0.39 is 12.1 Å². The first kappa shape index (κ1) is 15.7. The lowest BCUT2D eigenvalue weighted by atomic mass is 10.2. The third kappa shape index (κ3) is 5.51. The summed E-state index contributed by atoms with van der Waals surface area (Å²) in [6, 6.07) is 5.62. The summed E-state index contributed by atoms with van der Waals surface area (Å²) >= 11 is 0. The van der Waals surface area contributed by atoms with Crippen LogP contribution in [0.15, 0.2) is 36.9 Å². The van der Waals surface area contributed by atoms with Gasteiger partial charge in [-0.15, -0.1) is 0 Å². The van der Waals surface area contributed by atoms with Crippen molar-refractivity contribution in [3.8, 4) is 0 Å². The molecule has 0 heterocycles. The molecule has 0 saturated carbocycles. The predicted molar refractivity (Wildman–Crippen MR) is 70.6 cm³/mol. The number of carboxylic acid groups (broad SMARTS) is 1. The van der Waals surface area contributed by atoms with Crippen molar-refractivity contribution in [1.29, 1.82) is 0 Å². The van der Waals surface area contributed by atoms with E-state index in [0.29, 0.717) is 5.56 Å². The highest BCUT2D eigenvalue weighted by Crippen LogP contribution is 2.09. The quantitative estimate of drug-likeness (QED) is 0.779. The van der Waals surface area contributed by atoms with Gasteiger partial charge >= 0.3 is 12.1 Å². The molecule has 0 fully saturated rings. The van der Waals surface area contributed by atoms with Crippen LogP contribution in [-0.4, -0.2) is 35.2 Å². The number of carbonyl (C=O) groups excluding carboxylic acids is 1. The highest BCUT2D eigenvalue weighted by molar-refractivity contribution is 5.70. The fourth-order valence-electron chi connectivity index (χ4n) is 1.50. The molecule has 20 heavy (non-hydrogen) atoms. The van der Waals surface area contributed by atoms with Crippen molar-refractivity contribution in [2.24, 2.45) is 0 Å². The van der Waals surface area contributed by atoms with Crippen LogP contribution in [0.3, 0.4) is 0 Å². The topological polar surface area (TPSA) is 66.8 Å². The smallest absolute Gasteiger partial charge is 0.410 e. The highest BCUT2D eigenvalue weighted by atomic mass is 19.1. The lowest BCUT2D eigenvalue weighted by Crippen LogP contribution is -2.33. The molecule has 0 aliphatic heterocycles. The molecule has 1 aromatic rings. The number of carboxylic acids is 1. The summed E-state index contributed by atoms with van der Waals surface area (Å²) in [6.45, 7) is 3.65. The van der Waals surface area contributed by atoms with Gasteiger partial charge in [-0.25, -0.2) is 9.18 Å². The lowest BCUT2D eigenvalue weighted by Gasteiger charge is -2.21. The van der Waals surface area contributed by atoms with Crippen molar-refractivity contribution in [1.82, 2.24) is 4.90 Å². The molecule has 0 bridgehead atoms. The van der Waals surface area contributed by atoms with Crippen molar-refractivity contribution < 1.29 is 23.8 Å². The largest absolute Gasteiger partial charge is 0.481 e. The van der Waals surface area contributed by atoms with Crippen LogP contribution in [-0.2, 0) is 16.1 Å². The second-order valence-corrected chi connectivity index (χ2v) is 4.06. The van der Waals surface area contributed by atoms with Crippen LogP contribution >= 0.6 is 0 Å². The maximum absolute atomic E-state index is 12.8. The molecule has 0 saturated heterocycles. The molecule has 0 aromatic heterocycles. The Hall–Kier alpha value is -2.37. The van der Waals surface area contributed by atoms with Crippen molar-refractivity contribution in [2.45, 2.75) is 13.0 Å². The number of rotatable bonds is 7. The van der Waals surface area contributed by atoms with E-state index >= 15 is 0 Å². The van der Waals surface area contributed by atoms with E-state index in [9.17, 15) is 14.0 Å². The van der Waals surface area contributed by atoms with E-state index in [1.807, 2.05) is 0 Å². The summed E-state index contributed by atoms with van der Waals surface area (Å²) in [5.41, 5.74) is 0.687. The Morgan fingerprint density at radius 3 is 2.55 bits per heavy atom. The number of halogens is 1. The molecule has 108 valence electrons. The monoisotopic (exact) mass is 281 g/mol. The number of aliphatic carboxylic acids is 1. The molecule has 5 nitrogen and oxygen atoms in total. The van der Waals surface area contributed by atoms with E-state index in [4.69, 9.17) is 9.84 Å². The van der Waals surface area contributed by atoms with Gasteiger partial charge < -0.3 is 14.7 Å². The molecule has 6 heteroatoms. The Morgan fingerprint density at radius 1 is 1.35 bits per heavy atom. The van der Waals surface area contributed by atoms with Gasteiger partial charge in [0.2, 0.25) is 0 Å². The minimum atomic E-state index is -1.01. The van der Waals surface area contributed by atoms with Crippen LogP contribution in [0.1, 0.15) is 12.0 Å². The first-order chi connectivity index (χ1) is 9.52. The first-order valence-corrected chi connectivity index (χ1v) is 6.01. The van der Waals surface area contributed by atoms with Gasteiger partial charge in [-0.3, -0.25) is 4.79 Å². The van der Waals surface area contributed by atoms with Crippen LogP contribution < -0.4 is 0 Å². The average Bonchev–Trinajstić information content (AvgIpc) is 2.42. The van der Waals surface area contributed by atoms with E-state index in [1.165, 1.54) is 35.2 Å². The zero-order chi connectivity index (χ0) is 15.0. The molecular weight excluding hydrogens is 265 g/mol. The molecular formula is C14H16FNO4. The third-order valence-corrected chi connectivity index (χ3v) is 2.47. The molecule has 1 amide bonds. The average molecular weight is 281 g/mol. The molecule has 0 aliphatic carbocycles. The van der Waals surface area contributed by atoms with Crippen molar-refractivity contribution in [2.75, 3.05) is 13.2 Å². The van der Waals surface area contributed by atoms with Gasteiger partial charge in [-0.1, -0.05) is 24.8 Å². The van der Waals surface area contributed by atoms with Gasteiger partial charge in [-0.2, -0.15) is 0 Å². The summed E-state index contributed by atoms with van der Waals surface area (Å²) < 4.78 is 17.7. The summed E-state index contributed by atoms with van der Waals surface area (Å²) in [4.78, 5) is 23.6. The second kappa shape index (κ2) is 7.93. The van der Waals surface area contributed by atoms with E-state index in [-0.39, 0.29) is 31.9 Å². The zero-order valence-corrected chi connectivity index (χ0v) is 10.9. The molecule has 0 atom stereocenters. The predicted octanol–water partition coefficient (Wildman–Crippen LogP) is 2.43. The van der Waals surface area contributed by atoms with Crippen molar-refractivity contribution in [3.05, 3.63) is 48.3 Å². The number of nitrogens with zero attached hydrogens (tertiary/aromatic N) is 1. The van der Waals surface area contributed by atoms with Crippen LogP contribution in [0.25, 0.3) is 0 Å². The van der Waals surface area contributed by atoms with E-state index in [2.05, 4.69) is 6.58 Å². The number of ether oxygens (including phenoxy) is 1. The first-order valence-electron chi connectivity index (χ1n) is 6.01. The molecule has 1 aromatic carbocycles. The number of hydrogen-bond acceptors (Lipinski definition) is 3. The Morgan fingerprint density at radius 2 is 2.00 bits per heavy atom. The Bertz CT molecular complexity index is 473. The number of carbonyl (C=O) groups is 2. The summed E-state index contributed by atoms with van der Waals surface area (Å²) in [7, 11) is 0. The molecule has 1 rings (SSSR count). The van der Waals surface area contributed by atoms with Crippen LogP contribution in [0.5, 0.6) is 0 Å². The zero-order valence-electron chi connectivity index (χ0n) is 10.9. The minimum absolute atomic E-state index is 0.0166. The van der Waals surface area contributed by atoms with Gasteiger partial charge in [0, 0.05) is 13.1 Å². The van der Waals surface area contributed by atoms with Crippen molar-refractivity contribution in [3.63, 3.8) is 0 Å². The van der Waals surface area contributed by atoms with E-state index in [0.717, 1.165) is 0 Å². The van der Waals surface area contributed by atoms with Crippen LogP contribution in [0.2, 0.25) is 0 Å². The van der Waals surface area contributed by atoms with Crippen LogP contribution in [0, 0.1) is 5.82 Å². The maximum atomic E-state index is 12.8. The molecule has 0 aliphatic rings. The number of benzene rings is 1. The standard InChI is InChI=1S/C14H16FNO4/c1-2-9-20-14(19)16(8-7-13(17)18)10-11-3-5-12(15)6-4-11/h2-6H,1,7-10H2,(H,17,18). The second-order valence-electron chi connectivity index (χ2n) is 4.06. The highest BCUT2D eigenvalue weighted by Gasteiger charge is 2.16. The number of amides is 1. The third-order valence-electron chi connectivity index (χ3n) is 2.47. The van der Waals surface area contributed by atoms with Gasteiger partial charge in [0.25, 0.3) is 0 Å². The SMILES string of the molecule is C=CCOC(=O)N(CCC(=O)O)Cc1ccc(F)cc1. The fourth-order valence-corrected chi connectivity index (χ4v) is 1.50. The fraction of sp³-hybridized carbons (Fsp3) is 0.286. The lowest BCUT2D eigenvalue weighted by molar-refractivity contribution is -0.137. The molecule has 0 unspecified atom stereocenters. The van der Waals surface area contributed by atoms with E-state index in [1.54, 1.807) is 0 Å².